The van der Waals surface area contributed by atoms with Gasteiger partial charge < -0.3 is 0 Å². The molecule has 2 heteroatoms. The normalized spacial score (nSPS) is 34.7. The molecule has 1 spiro atoms. The summed E-state index contributed by atoms with van der Waals surface area (Å²) in [5, 5.41) is 0. The Kier molecular flexibility index (Phi) is 4.24. The molecule has 0 unspecified atom stereocenters. The van der Waals surface area contributed by atoms with E-state index >= 15 is 0 Å². The standard InChI is InChI=1S/C15H27NO/c1-3-5-13-6-9-15(10-7-13)14(17)8-12-16(15)11-4-2/h13H,3-12H2,1-2H3. The van der Waals surface area contributed by atoms with E-state index in [0.717, 1.165) is 38.3 Å². The lowest BCUT2D eigenvalue weighted by Crippen LogP contribution is -2.51. The Hall–Kier alpha value is -0.370. The van der Waals surface area contributed by atoms with Crippen LogP contribution in [0.2, 0.25) is 0 Å². The van der Waals surface area contributed by atoms with E-state index in [0.29, 0.717) is 5.78 Å². The summed E-state index contributed by atoms with van der Waals surface area (Å²) >= 11 is 0. The van der Waals surface area contributed by atoms with Crippen molar-refractivity contribution in [1.82, 2.24) is 4.90 Å². The SMILES string of the molecule is CCCC1CCC2(CC1)C(=O)CCN2CCC. The number of ketones is 1. The smallest absolute Gasteiger partial charge is 0.154 e. The largest absolute Gasteiger partial charge is 0.298 e. The Balaban J connectivity index is 2.00. The van der Waals surface area contributed by atoms with Gasteiger partial charge in [-0.15, -0.1) is 0 Å². The van der Waals surface area contributed by atoms with Crippen molar-refractivity contribution in [3.8, 4) is 0 Å². The third kappa shape index (κ3) is 2.42. The number of rotatable bonds is 4. The Morgan fingerprint density at radius 2 is 1.94 bits per heavy atom. The number of likely N-dealkylation sites (tertiary alicyclic amines) is 1. The van der Waals surface area contributed by atoms with Gasteiger partial charge in [0.15, 0.2) is 5.78 Å². The van der Waals surface area contributed by atoms with E-state index in [1.165, 1.54) is 32.1 Å². The molecule has 1 aliphatic carbocycles. The van der Waals surface area contributed by atoms with E-state index in [9.17, 15) is 4.79 Å². The summed E-state index contributed by atoms with van der Waals surface area (Å²) < 4.78 is 0. The predicted octanol–water partition coefficient (Wildman–Crippen LogP) is 3.40. The van der Waals surface area contributed by atoms with E-state index in [1.54, 1.807) is 0 Å². The summed E-state index contributed by atoms with van der Waals surface area (Å²) in [7, 11) is 0. The highest BCUT2D eigenvalue weighted by Crippen LogP contribution is 2.42. The molecule has 0 aromatic carbocycles. The number of carbonyl (C=O) groups excluding carboxylic acids is 1. The van der Waals surface area contributed by atoms with Gasteiger partial charge in [0.25, 0.3) is 0 Å². The van der Waals surface area contributed by atoms with Crippen LogP contribution in [0.1, 0.15) is 65.2 Å². The molecule has 1 saturated heterocycles. The molecule has 98 valence electrons. The highest BCUT2D eigenvalue weighted by molar-refractivity contribution is 5.90. The molecule has 0 aromatic heterocycles. The summed E-state index contributed by atoms with van der Waals surface area (Å²) in [6.07, 6.45) is 9.46. The third-order valence-electron chi connectivity index (χ3n) is 4.86. The molecule has 0 radical (unpaired) electrons. The molecule has 1 saturated carbocycles. The zero-order valence-corrected chi connectivity index (χ0v) is 11.5. The van der Waals surface area contributed by atoms with Gasteiger partial charge >= 0.3 is 0 Å². The van der Waals surface area contributed by atoms with Gasteiger partial charge in [-0.25, -0.2) is 0 Å². The predicted molar refractivity (Wildman–Crippen MR) is 71.1 cm³/mol. The summed E-state index contributed by atoms with van der Waals surface area (Å²) in [5.74, 6) is 1.43. The molecule has 1 heterocycles. The van der Waals surface area contributed by atoms with Gasteiger partial charge in [0.2, 0.25) is 0 Å². The van der Waals surface area contributed by atoms with Crippen LogP contribution in [0.3, 0.4) is 0 Å². The number of hydrogen-bond donors (Lipinski definition) is 0. The fourth-order valence-electron chi connectivity index (χ4n) is 3.90. The lowest BCUT2D eigenvalue weighted by molar-refractivity contribution is -0.127. The maximum atomic E-state index is 12.3. The van der Waals surface area contributed by atoms with E-state index in [4.69, 9.17) is 0 Å². The highest BCUT2D eigenvalue weighted by atomic mass is 16.1. The van der Waals surface area contributed by atoms with Crippen LogP contribution in [0.5, 0.6) is 0 Å². The van der Waals surface area contributed by atoms with Gasteiger partial charge in [-0.1, -0.05) is 26.7 Å². The minimum atomic E-state index is -0.0275. The molecule has 2 nitrogen and oxygen atoms in total. The Morgan fingerprint density at radius 1 is 1.24 bits per heavy atom. The summed E-state index contributed by atoms with van der Waals surface area (Å²) in [6, 6.07) is 0. The van der Waals surface area contributed by atoms with Crippen LogP contribution in [0, 0.1) is 5.92 Å². The summed E-state index contributed by atoms with van der Waals surface area (Å²) in [4.78, 5) is 14.8. The molecule has 0 amide bonds. The van der Waals surface area contributed by atoms with E-state index in [2.05, 4.69) is 18.7 Å². The van der Waals surface area contributed by atoms with Crippen molar-refractivity contribution in [2.24, 2.45) is 5.92 Å². The van der Waals surface area contributed by atoms with Crippen molar-refractivity contribution in [3.05, 3.63) is 0 Å². The Morgan fingerprint density at radius 3 is 2.53 bits per heavy atom. The number of carbonyl (C=O) groups is 1. The number of Topliss-reactive ketones (excluding diaryl/α,β-unsaturated/α-hetero) is 1. The first-order chi connectivity index (χ1) is 8.23. The molecule has 0 N–H and O–H groups in total. The second kappa shape index (κ2) is 5.51. The average Bonchev–Trinajstić information content (AvgIpc) is 2.62. The first kappa shape index (κ1) is 13.1. The monoisotopic (exact) mass is 237 g/mol. The van der Waals surface area contributed by atoms with E-state index < -0.39 is 0 Å². The van der Waals surface area contributed by atoms with Crippen molar-refractivity contribution < 1.29 is 4.79 Å². The van der Waals surface area contributed by atoms with Gasteiger partial charge in [0.1, 0.15) is 0 Å². The molecule has 2 fully saturated rings. The van der Waals surface area contributed by atoms with Crippen molar-refractivity contribution in [2.75, 3.05) is 13.1 Å². The van der Waals surface area contributed by atoms with Gasteiger partial charge in [-0.05, 0) is 44.6 Å². The van der Waals surface area contributed by atoms with E-state index in [1.807, 2.05) is 0 Å². The molecule has 1 aliphatic heterocycles. The minimum absolute atomic E-state index is 0.0275. The topological polar surface area (TPSA) is 20.3 Å². The van der Waals surface area contributed by atoms with Crippen LogP contribution >= 0.6 is 0 Å². The van der Waals surface area contributed by atoms with Crippen LogP contribution in [-0.4, -0.2) is 29.3 Å². The first-order valence-electron chi connectivity index (χ1n) is 7.51. The van der Waals surface area contributed by atoms with Crippen molar-refractivity contribution in [2.45, 2.75) is 70.8 Å². The van der Waals surface area contributed by atoms with Crippen LogP contribution in [0.4, 0.5) is 0 Å². The summed E-state index contributed by atoms with van der Waals surface area (Å²) in [5.41, 5.74) is -0.0275. The van der Waals surface area contributed by atoms with Gasteiger partial charge in [-0.2, -0.15) is 0 Å². The Bertz CT molecular complexity index is 266. The van der Waals surface area contributed by atoms with Crippen LogP contribution in [-0.2, 0) is 4.79 Å². The lowest BCUT2D eigenvalue weighted by Gasteiger charge is -2.42. The van der Waals surface area contributed by atoms with Crippen LogP contribution in [0.15, 0.2) is 0 Å². The van der Waals surface area contributed by atoms with Crippen molar-refractivity contribution >= 4 is 5.78 Å². The zero-order chi connectivity index (χ0) is 12.3. The molecule has 0 atom stereocenters. The highest BCUT2D eigenvalue weighted by Gasteiger charge is 2.48. The maximum Gasteiger partial charge on any atom is 0.154 e. The zero-order valence-electron chi connectivity index (χ0n) is 11.5. The molecule has 2 aliphatic rings. The summed E-state index contributed by atoms with van der Waals surface area (Å²) in [6.45, 7) is 6.63. The van der Waals surface area contributed by atoms with Gasteiger partial charge in [0, 0.05) is 13.0 Å². The molecule has 17 heavy (non-hydrogen) atoms. The maximum absolute atomic E-state index is 12.3. The number of nitrogens with zero attached hydrogens (tertiary/aromatic N) is 1. The van der Waals surface area contributed by atoms with Crippen molar-refractivity contribution in [1.29, 1.82) is 0 Å². The molecule has 0 bridgehead atoms. The Labute approximate surface area is 106 Å². The second-order valence-electron chi connectivity index (χ2n) is 5.92. The first-order valence-corrected chi connectivity index (χ1v) is 7.51. The lowest BCUT2D eigenvalue weighted by atomic mass is 9.73. The fraction of sp³-hybridized carbons (Fsp3) is 0.933. The quantitative estimate of drug-likeness (QED) is 0.747. The number of hydrogen-bond acceptors (Lipinski definition) is 2. The molecule has 2 rings (SSSR count). The van der Waals surface area contributed by atoms with Crippen molar-refractivity contribution in [3.63, 3.8) is 0 Å². The third-order valence-corrected chi connectivity index (χ3v) is 4.86. The molecule has 0 aromatic rings. The average molecular weight is 237 g/mol. The fourth-order valence-corrected chi connectivity index (χ4v) is 3.90. The molecular formula is C15H27NO. The minimum Gasteiger partial charge on any atom is -0.298 e. The van der Waals surface area contributed by atoms with Gasteiger partial charge in [-0.3, -0.25) is 9.69 Å². The second-order valence-corrected chi connectivity index (χ2v) is 5.92. The van der Waals surface area contributed by atoms with Gasteiger partial charge in [0.05, 0.1) is 5.54 Å². The van der Waals surface area contributed by atoms with E-state index in [-0.39, 0.29) is 5.54 Å². The molecular weight excluding hydrogens is 210 g/mol. The van der Waals surface area contributed by atoms with Crippen LogP contribution < -0.4 is 0 Å². The van der Waals surface area contributed by atoms with Crippen LogP contribution in [0.25, 0.3) is 0 Å².